The molecule has 0 aliphatic rings. The van der Waals surface area contributed by atoms with Crippen LogP contribution in [0.5, 0.6) is 0 Å². The number of pyridine rings is 1. The smallest absolute Gasteiger partial charge is 0.328 e. The summed E-state index contributed by atoms with van der Waals surface area (Å²) in [4.78, 5) is 27.0. The van der Waals surface area contributed by atoms with Crippen molar-refractivity contribution in [2.75, 3.05) is 5.32 Å². The zero-order valence-corrected chi connectivity index (χ0v) is 16.1. The number of carbonyl (C=O) groups is 1. The van der Waals surface area contributed by atoms with Crippen LogP contribution in [0, 0.1) is 5.82 Å². The number of nitrogens with zero attached hydrogens (tertiary/aromatic N) is 4. The number of rotatable bonds is 3. The van der Waals surface area contributed by atoms with Crippen LogP contribution in [0.2, 0.25) is 0 Å². The van der Waals surface area contributed by atoms with E-state index in [4.69, 9.17) is 0 Å². The van der Waals surface area contributed by atoms with Crippen molar-refractivity contribution in [3.8, 4) is 5.69 Å². The van der Waals surface area contributed by atoms with Crippen LogP contribution < -0.4 is 10.9 Å². The van der Waals surface area contributed by atoms with Crippen molar-refractivity contribution in [3.05, 3.63) is 76.2 Å². The first-order chi connectivity index (χ1) is 15.7. The number of aromatic nitrogens is 5. The van der Waals surface area contributed by atoms with Gasteiger partial charge >= 0.3 is 6.18 Å². The Morgan fingerprint density at radius 3 is 2.67 bits per heavy atom. The summed E-state index contributed by atoms with van der Waals surface area (Å²) in [6, 6.07) is 7.42. The molecule has 13 heteroatoms. The van der Waals surface area contributed by atoms with Crippen LogP contribution in [-0.2, 0) is 6.18 Å². The lowest BCUT2D eigenvalue weighted by molar-refractivity contribution is -0.143. The molecule has 5 rings (SSSR count). The molecule has 5 aromatic rings. The van der Waals surface area contributed by atoms with E-state index >= 15 is 0 Å². The summed E-state index contributed by atoms with van der Waals surface area (Å²) in [5, 5.41) is 12.8. The molecule has 0 atom stereocenters. The molecule has 2 aromatic carbocycles. The van der Waals surface area contributed by atoms with E-state index in [0.29, 0.717) is 15.7 Å². The number of aromatic amines is 1. The van der Waals surface area contributed by atoms with Crippen molar-refractivity contribution in [1.29, 1.82) is 0 Å². The molecule has 33 heavy (non-hydrogen) atoms. The van der Waals surface area contributed by atoms with Crippen molar-refractivity contribution >= 4 is 33.4 Å². The molecule has 0 spiro atoms. The van der Waals surface area contributed by atoms with Crippen molar-refractivity contribution in [1.82, 2.24) is 25.1 Å². The molecule has 0 aliphatic heterocycles. The summed E-state index contributed by atoms with van der Waals surface area (Å²) in [6.45, 7) is 0. The Hall–Kier alpha value is -4.55. The van der Waals surface area contributed by atoms with Gasteiger partial charge in [0.15, 0.2) is 5.69 Å². The lowest BCUT2D eigenvalue weighted by Gasteiger charge is -2.14. The van der Waals surface area contributed by atoms with Crippen molar-refractivity contribution in [3.63, 3.8) is 0 Å². The van der Waals surface area contributed by atoms with Crippen molar-refractivity contribution in [2.45, 2.75) is 6.18 Å². The molecule has 3 heterocycles. The summed E-state index contributed by atoms with van der Waals surface area (Å²) in [5.41, 5.74) is -2.36. The van der Waals surface area contributed by atoms with Gasteiger partial charge in [-0.2, -0.15) is 18.3 Å². The molecule has 3 aromatic heterocycles. The first-order valence-corrected chi connectivity index (χ1v) is 9.23. The molecule has 2 N–H and O–H groups in total. The van der Waals surface area contributed by atoms with Gasteiger partial charge in [-0.1, -0.05) is 0 Å². The molecule has 0 bridgehead atoms. The third-order valence-corrected chi connectivity index (χ3v) is 4.89. The molecule has 0 unspecified atom stereocenters. The van der Waals surface area contributed by atoms with Gasteiger partial charge < -0.3 is 10.3 Å². The summed E-state index contributed by atoms with van der Waals surface area (Å²) in [7, 11) is 0. The average Bonchev–Trinajstić information content (AvgIpc) is 3.40. The van der Waals surface area contributed by atoms with Crippen LogP contribution in [0.4, 0.5) is 23.2 Å². The summed E-state index contributed by atoms with van der Waals surface area (Å²) >= 11 is 0. The highest BCUT2D eigenvalue weighted by molar-refractivity contribution is 6.06. The SMILES string of the molecule is O=C(Nc1ccc2nonc2c1)c1cnn(-c2ccc(F)c3c(=O)[nH]ccc23)c1C(F)(F)F. The fraction of sp³-hybridized carbons (Fsp3) is 0.0500. The first-order valence-electron chi connectivity index (χ1n) is 9.23. The number of hydrogen-bond donors (Lipinski definition) is 2. The first kappa shape index (κ1) is 20.4. The highest BCUT2D eigenvalue weighted by Crippen LogP contribution is 2.35. The van der Waals surface area contributed by atoms with Crippen LogP contribution in [0.3, 0.4) is 0 Å². The molecule has 0 fully saturated rings. The fourth-order valence-electron chi connectivity index (χ4n) is 3.47. The number of fused-ring (bicyclic) bond motifs is 2. The highest BCUT2D eigenvalue weighted by atomic mass is 19.4. The second kappa shape index (κ2) is 7.25. The third-order valence-electron chi connectivity index (χ3n) is 4.89. The van der Waals surface area contributed by atoms with Gasteiger partial charge in [-0.05, 0) is 46.7 Å². The Morgan fingerprint density at radius 1 is 1.09 bits per heavy atom. The molecular formula is C20H10F4N6O3. The van der Waals surface area contributed by atoms with Crippen molar-refractivity contribution in [2.24, 2.45) is 0 Å². The lowest BCUT2D eigenvalue weighted by Crippen LogP contribution is -2.21. The summed E-state index contributed by atoms with van der Waals surface area (Å²) in [6.07, 6.45) is -3.09. The maximum atomic E-state index is 14.2. The molecule has 0 aliphatic carbocycles. The molecule has 0 saturated carbocycles. The van der Waals surface area contributed by atoms with E-state index in [-0.39, 0.29) is 16.8 Å². The van der Waals surface area contributed by atoms with Crippen LogP contribution in [-0.4, -0.2) is 31.0 Å². The van der Waals surface area contributed by atoms with Crippen LogP contribution in [0.1, 0.15) is 16.1 Å². The molecule has 9 nitrogen and oxygen atoms in total. The van der Waals surface area contributed by atoms with Gasteiger partial charge in [0, 0.05) is 17.3 Å². The van der Waals surface area contributed by atoms with Crippen LogP contribution >= 0.6 is 0 Å². The zero-order valence-electron chi connectivity index (χ0n) is 16.1. The second-order valence-corrected chi connectivity index (χ2v) is 6.90. The van der Waals surface area contributed by atoms with E-state index in [1.165, 1.54) is 30.5 Å². The Bertz CT molecular complexity index is 1600. The maximum absolute atomic E-state index is 14.2. The number of H-pyrrole nitrogens is 1. The lowest BCUT2D eigenvalue weighted by atomic mass is 10.1. The Morgan fingerprint density at radius 2 is 1.88 bits per heavy atom. The van der Waals surface area contributed by atoms with Gasteiger partial charge in [0.05, 0.1) is 22.8 Å². The quantitative estimate of drug-likeness (QED) is 0.399. The summed E-state index contributed by atoms with van der Waals surface area (Å²) < 4.78 is 61.3. The zero-order chi connectivity index (χ0) is 23.3. The van der Waals surface area contributed by atoms with Gasteiger partial charge in [0.25, 0.3) is 11.5 Å². The molecule has 0 saturated heterocycles. The predicted molar refractivity (Wildman–Crippen MR) is 106 cm³/mol. The van der Waals surface area contributed by atoms with Gasteiger partial charge in [-0.3, -0.25) is 9.59 Å². The van der Waals surface area contributed by atoms with Gasteiger partial charge in [-0.15, -0.1) is 0 Å². The number of carbonyl (C=O) groups excluding carboxylic acids is 1. The van der Waals surface area contributed by atoms with E-state index in [2.05, 4.69) is 30.3 Å². The predicted octanol–water partition coefficient (Wildman–Crippen LogP) is 3.66. The van der Waals surface area contributed by atoms with Crippen LogP contribution in [0.25, 0.3) is 27.5 Å². The van der Waals surface area contributed by atoms with Gasteiger partial charge in [0.1, 0.15) is 16.9 Å². The van der Waals surface area contributed by atoms with Crippen molar-refractivity contribution < 1.29 is 27.0 Å². The van der Waals surface area contributed by atoms with Gasteiger partial charge in [-0.25, -0.2) is 13.7 Å². The normalized spacial score (nSPS) is 11.9. The number of hydrogen-bond acceptors (Lipinski definition) is 6. The van der Waals surface area contributed by atoms with Crippen LogP contribution in [0.15, 0.2) is 58.2 Å². The number of anilines is 1. The van der Waals surface area contributed by atoms with E-state index in [0.717, 1.165) is 18.3 Å². The molecular weight excluding hydrogens is 448 g/mol. The number of benzene rings is 2. The largest absolute Gasteiger partial charge is 0.434 e. The number of alkyl halides is 3. The molecule has 0 radical (unpaired) electrons. The topological polar surface area (TPSA) is 119 Å². The second-order valence-electron chi connectivity index (χ2n) is 6.90. The van der Waals surface area contributed by atoms with Gasteiger partial charge in [0.2, 0.25) is 0 Å². The van der Waals surface area contributed by atoms with E-state index in [1.54, 1.807) is 0 Å². The standard InChI is InChI=1S/C20H10F4N6O3/c21-12-2-4-15(10-5-6-25-19(32)16(10)12)30-17(20(22,23)24)11(8-26-30)18(31)27-9-1-3-13-14(7-9)29-33-28-13/h1-8H,(H,25,32)(H,27,31). The Kier molecular flexibility index (Phi) is 4.48. The maximum Gasteiger partial charge on any atom is 0.434 e. The molecule has 166 valence electrons. The van der Waals surface area contributed by atoms with E-state index in [9.17, 15) is 27.2 Å². The minimum atomic E-state index is -5.01. The Balaban J connectivity index is 1.63. The third kappa shape index (κ3) is 3.39. The minimum Gasteiger partial charge on any atom is -0.328 e. The Labute approximate surface area is 179 Å². The highest BCUT2D eigenvalue weighted by Gasteiger charge is 2.41. The fourth-order valence-corrected chi connectivity index (χ4v) is 3.47. The monoisotopic (exact) mass is 458 g/mol. The number of nitrogens with one attached hydrogen (secondary N) is 2. The summed E-state index contributed by atoms with van der Waals surface area (Å²) in [5.74, 6) is -2.00. The number of amides is 1. The van der Waals surface area contributed by atoms with E-state index < -0.39 is 40.1 Å². The average molecular weight is 458 g/mol. The molecule has 1 amide bonds. The number of halogens is 4. The van der Waals surface area contributed by atoms with E-state index in [1.807, 2.05) is 0 Å². The minimum absolute atomic E-state index is 0.108.